The number of rotatable bonds is 14. The summed E-state index contributed by atoms with van der Waals surface area (Å²) in [5.74, 6) is 0.00895. The number of alkyl carbamates (subject to hydrolysis) is 2. The lowest BCUT2D eigenvalue weighted by atomic mass is 10.1. The molecule has 0 radical (unpaired) electrons. The van der Waals surface area contributed by atoms with E-state index in [-0.39, 0.29) is 18.6 Å². The van der Waals surface area contributed by atoms with Crippen molar-refractivity contribution < 1.29 is 23.9 Å². The van der Waals surface area contributed by atoms with Gasteiger partial charge in [-0.05, 0) is 68.5 Å². The average Bonchev–Trinajstić information content (AvgIpc) is 3.61. The molecular formula is C30H39N3O5S2. The molecule has 0 aliphatic heterocycles. The van der Waals surface area contributed by atoms with Crippen molar-refractivity contribution in [3.8, 4) is 0 Å². The zero-order valence-electron chi connectivity index (χ0n) is 23.4. The summed E-state index contributed by atoms with van der Waals surface area (Å²) in [6, 6.07) is 17.1. The molecule has 0 fully saturated rings. The summed E-state index contributed by atoms with van der Waals surface area (Å²) in [4.78, 5) is 41.9. The van der Waals surface area contributed by atoms with E-state index in [1.807, 2.05) is 91.0 Å². The fourth-order valence-corrected chi connectivity index (χ4v) is 5.36. The van der Waals surface area contributed by atoms with Crippen LogP contribution in [0.15, 0.2) is 65.4 Å². The van der Waals surface area contributed by atoms with Gasteiger partial charge < -0.3 is 25.0 Å². The summed E-state index contributed by atoms with van der Waals surface area (Å²) in [6.07, 6.45) is 1.38. The molecule has 0 aliphatic rings. The molecule has 2 aromatic heterocycles. The highest BCUT2D eigenvalue weighted by Crippen LogP contribution is 2.17. The first-order valence-electron chi connectivity index (χ1n) is 13.4. The molecular weight excluding hydrogens is 546 g/mol. The fraction of sp³-hybridized carbons (Fsp3) is 0.433. The van der Waals surface area contributed by atoms with Crippen molar-refractivity contribution in [2.24, 2.45) is 0 Å². The largest absolute Gasteiger partial charge is 0.445 e. The Hall–Kier alpha value is -3.37. The molecule has 0 aliphatic carbocycles. The predicted molar refractivity (Wildman–Crippen MR) is 159 cm³/mol. The lowest BCUT2D eigenvalue weighted by Crippen LogP contribution is -2.47. The quantitative estimate of drug-likeness (QED) is 0.214. The van der Waals surface area contributed by atoms with E-state index >= 15 is 0 Å². The second kappa shape index (κ2) is 16.0. The molecule has 0 bridgehead atoms. The van der Waals surface area contributed by atoms with Crippen LogP contribution in [0.4, 0.5) is 9.59 Å². The molecule has 1 aromatic carbocycles. The van der Waals surface area contributed by atoms with Crippen LogP contribution >= 0.6 is 22.7 Å². The zero-order valence-corrected chi connectivity index (χ0v) is 25.0. The highest BCUT2D eigenvalue weighted by atomic mass is 32.1. The Balaban J connectivity index is 1.55. The van der Waals surface area contributed by atoms with Crippen LogP contribution in [0.2, 0.25) is 0 Å². The van der Waals surface area contributed by atoms with E-state index in [2.05, 4.69) is 10.6 Å². The van der Waals surface area contributed by atoms with Crippen molar-refractivity contribution in [1.29, 1.82) is 0 Å². The lowest BCUT2D eigenvalue weighted by Gasteiger charge is -2.29. The highest BCUT2D eigenvalue weighted by molar-refractivity contribution is 7.10. The van der Waals surface area contributed by atoms with Crippen LogP contribution in [0.1, 0.15) is 55.4 Å². The number of nitrogens with zero attached hydrogens (tertiary/aromatic N) is 1. The zero-order chi connectivity index (χ0) is 28.8. The number of nitrogens with one attached hydrogen (secondary N) is 2. The average molecular weight is 586 g/mol. The minimum absolute atomic E-state index is 0.00895. The predicted octanol–water partition coefficient (Wildman–Crippen LogP) is 6.37. The Morgan fingerprint density at radius 3 is 2.25 bits per heavy atom. The van der Waals surface area contributed by atoms with Crippen LogP contribution in [0.5, 0.6) is 0 Å². The van der Waals surface area contributed by atoms with Gasteiger partial charge in [-0.15, -0.1) is 22.7 Å². The Morgan fingerprint density at radius 1 is 0.900 bits per heavy atom. The minimum atomic E-state index is -0.635. The maximum Gasteiger partial charge on any atom is 0.407 e. The monoisotopic (exact) mass is 585 g/mol. The Bertz CT molecular complexity index is 1160. The van der Waals surface area contributed by atoms with Gasteiger partial charge in [0.15, 0.2) is 0 Å². The molecule has 3 aromatic rings. The number of hydrogen-bond donors (Lipinski definition) is 2. The molecule has 3 amide bonds. The summed E-state index contributed by atoms with van der Waals surface area (Å²) in [5, 5.41) is 9.71. The molecule has 216 valence electrons. The van der Waals surface area contributed by atoms with Gasteiger partial charge in [-0.1, -0.05) is 42.5 Å². The van der Waals surface area contributed by atoms with Crippen molar-refractivity contribution >= 4 is 40.8 Å². The number of carbonyl (C=O) groups is 3. The van der Waals surface area contributed by atoms with Crippen molar-refractivity contribution in [1.82, 2.24) is 15.5 Å². The van der Waals surface area contributed by atoms with E-state index in [1.165, 1.54) is 0 Å². The van der Waals surface area contributed by atoms with E-state index in [1.54, 1.807) is 22.7 Å². The number of ether oxygens (including phenoxy) is 2. The smallest absolute Gasteiger partial charge is 0.407 e. The molecule has 8 nitrogen and oxygen atoms in total. The molecule has 0 spiro atoms. The summed E-state index contributed by atoms with van der Waals surface area (Å²) < 4.78 is 10.8. The topological polar surface area (TPSA) is 97.0 Å². The molecule has 2 N–H and O–H groups in total. The number of benzene rings is 1. The second-order valence-electron chi connectivity index (χ2n) is 10.4. The van der Waals surface area contributed by atoms with Crippen molar-refractivity contribution in [3.05, 3.63) is 80.7 Å². The maximum absolute atomic E-state index is 13.3. The third-order valence-corrected chi connectivity index (χ3v) is 7.55. The minimum Gasteiger partial charge on any atom is -0.445 e. The van der Waals surface area contributed by atoms with E-state index in [4.69, 9.17) is 9.47 Å². The molecule has 1 unspecified atom stereocenters. The van der Waals surface area contributed by atoms with E-state index < -0.39 is 17.8 Å². The first-order valence-corrected chi connectivity index (χ1v) is 15.2. The van der Waals surface area contributed by atoms with Gasteiger partial charge in [0.2, 0.25) is 5.91 Å². The number of unbranched alkanes of at least 4 members (excludes halogenated alkanes) is 1. The number of thiophene rings is 2. The third kappa shape index (κ3) is 12.2. The van der Waals surface area contributed by atoms with Gasteiger partial charge in [0, 0.05) is 28.9 Å². The lowest BCUT2D eigenvalue weighted by molar-refractivity contribution is -0.131. The van der Waals surface area contributed by atoms with Gasteiger partial charge in [-0.3, -0.25) is 4.79 Å². The first kappa shape index (κ1) is 31.2. The Labute approximate surface area is 244 Å². The second-order valence-corrected chi connectivity index (χ2v) is 12.5. The normalized spacial score (nSPS) is 11.9. The van der Waals surface area contributed by atoms with E-state index in [0.29, 0.717) is 38.9 Å². The summed E-state index contributed by atoms with van der Waals surface area (Å²) in [7, 11) is 0. The maximum atomic E-state index is 13.3. The molecule has 0 saturated heterocycles. The van der Waals surface area contributed by atoms with E-state index in [9.17, 15) is 14.4 Å². The number of hydrogen-bond acceptors (Lipinski definition) is 7. The summed E-state index contributed by atoms with van der Waals surface area (Å²) in [5.41, 5.74) is 0.291. The van der Waals surface area contributed by atoms with Gasteiger partial charge in [0.1, 0.15) is 12.2 Å². The summed E-state index contributed by atoms with van der Waals surface area (Å²) in [6.45, 7) is 6.95. The van der Waals surface area contributed by atoms with Crippen molar-refractivity contribution in [2.45, 2.75) is 71.2 Å². The molecule has 40 heavy (non-hydrogen) atoms. The van der Waals surface area contributed by atoms with Gasteiger partial charge in [-0.2, -0.15) is 0 Å². The van der Waals surface area contributed by atoms with Crippen LogP contribution in [0, 0.1) is 0 Å². The standard InChI is InChI=1S/C30H39N3O5S2/c1-30(2,3)38-29(36)32-24(13-7-8-16-31-28(35)37-22-23-11-5-4-6-12-23)20-33(21-26-15-10-18-40-26)27(34)19-25-14-9-17-39-25/h4-6,9-12,14-15,17-18,24H,7-8,13,16,19-22H2,1-3H3,(H,31,35)(H,32,36). The Kier molecular flexibility index (Phi) is 12.5. The fourth-order valence-electron chi connectivity index (χ4n) is 3.95. The molecule has 2 heterocycles. The molecule has 10 heteroatoms. The van der Waals surface area contributed by atoms with Gasteiger partial charge in [-0.25, -0.2) is 9.59 Å². The molecule has 1 atom stereocenters. The van der Waals surface area contributed by atoms with Crippen LogP contribution in [-0.4, -0.2) is 47.7 Å². The van der Waals surface area contributed by atoms with Crippen LogP contribution in [0.25, 0.3) is 0 Å². The van der Waals surface area contributed by atoms with Gasteiger partial charge in [0.25, 0.3) is 0 Å². The third-order valence-electron chi connectivity index (χ3n) is 5.81. The molecule has 3 rings (SSSR count). The van der Waals surface area contributed by atoms with E-state index in [0.717, 1.165) is 21.7 Å². The van der Waals surface area contributed by atoms with Gasteiger partial charge >= 0.3 is 12.2 Å². The van der Waals surface area contributed by atoms with Crippen LogP contribution in [0.3, 0.4) is 0 Å². The number of carbonyl (C=O) groups excluding carboxylic acids is 3. The van der Waals surface area contributed by atoms with Crippen molar-refractivity contribution in [3.63, 3.8) is 0 Å². The Morgan fingerprint density at radius 2 is 1.60 bits per heavy atom. The van der Waals surface area contributed by atoms with Crippen LogP contribution < -0.4 is 10.6 Å². The van der Waals surface area contributed by atoms with Crippen molar-refractivity contribution in [2.75, 3.05) is 13.1 Å². The number of amides is 3. The molecule has 0 saturated carbocycles. The summed E-state index contributed by atoms with van der Waals surface area (Å²) >= 11 is 3.16. The SMILES string of the molecule is CC(C)(C)OC(=O)NC(CCCCNC(=O)OCc1ccccc1)CN(Cc1cccs1)C(=O)Cc1cccs1. The highest BCUT2D eigenvalue weighted by Gasteiger charge is 2.24. The van der Waals surface area contributed by atoms with Crippen LogP contribution in [-0.2, 0) is 33.8 Å². The van der Waals surface area contributed by atoms with Gasteiger partial charge in [0.05, 0.1) is 13.0 Å². The first-order chi connectivity index (χ1) is 19.2.